The predicted molar refractivity (Wildman–Crippen MR) is 125 cm³/mol. The monoisotopic (exact) mass is 450 g/mol. The molecule has 174 valence electrons. The van der Waals surface area contributed by atoms with Gasteiger partial charge >= 0.3 is 5.97 Å². The normalized spacial score (nSPS) is 16.5. The van der Waals surface area contributed by atoms with Crippen molar-refractivity contribution in [2.75, 3.05) is 21.0 Å². The van der Waals surface area contributed by atoms with Crippen LogP contribution in [0, 0.1) is 5.92 Å². The SMILES string of the molecule is COC(=O)/C(=C(/CC1CCCCCC1)C(=O)c1ccc(OC)cc1)c1ccc2c(c1)OCO2. The van der Waals surface area contributed by atoms with E-state index in [2.05, 4.69) is 0 Å². The van der Waals surface area contributed by atoms with Crippen molar-refractivity contribution in [1.82, 2.24) is 0 Å². The number of rotatable bonds is 7. The summed E-state index contributed by atoms with van der Waals surface area (Å²) in [5.41, 5.74) is 1.89. The molecule has 1 aliphatic heterocycles. The molecule has 33 heavy (non-hydrogen) atoms. The number of Topliss-reactive ketones (excluding diaryl/α,β-unsaturated/α-hetero) is 1. The molecule has 6 nitrogen and oxygen atoms in total. The number of hydrogen-bond acceptors (Lipinski definition) is 6. The van der Waals surface area contributed by atoms with Gasteiger partial charge in [-0.1, -0.05) is 44.6 Å². The van der Waals surface area contributed by atoms with E-state index < -0.39 is 5.97 Å². The second-order valence-corrected chi connectivity index (χ2v) is 8.53. The molecule has 1 aliphatic carbocycles. The van der Waals surface area contributed by atoms with Crippen LogP contribution in [0.1, 0.15) is 60.9 Å². The Hall–Kier alpha value is -3.28. The van der Waals surface area contributed by atoms with E-state index in [1.54, 1.807) is 49.6 Å². The molecule has 4 rings (SSSR count). The Labute approximate surface area is 194 Å². The number of carbonyl (C=O) groups is 2. The van der Waals surface area contributed by atoms with E-state index in [0.29, 0.717) is 51.9 Å². The van der Waals surface area contributed by atoms with Gasteiger partial charge in [0.25, 0.3) is 0 Å². The fourth-order valence-corrected chi connectivity index (χ4v) is 4.65. The summed E-state index contributed by atoms with van der Waals surface area (Å²) < 4.78 is 21.3. The van der Waals surface area contributed by atoms with Gasteiger partial charge in [-0.05, 0) is 54.3 Å². The molecule has 0 saturated heterocycles. The third-order valence-electron chi connectivity index (χ3n) is 6.45. The Morgan fingerprint density at radius 1 is 0.879 bits per heavy atom. The maximum absolute atomic E-state index is 13.8. The number of benzene rings is 2. The summed E-state index contributed by atoms with van der Waals surface area (Å²) in [7, 11) is 2.93. The van der Waals surface area contributed by atoms with Crippen molar-refractivity contribution in [3.63, 3.8) is 0 Å². The van der Waals surface area contributed by atoms with Crippen molar-refractivity contribution in [3.8, 4) is 17.2 Å². The standard InChI is InChI=1S/C27H30O6/c1-30-21-12-9-19(10-13-21)26(28)22(15-18-7-5-3-4-6-8-18)25(27(29)31-2)20-11-14-23-24(16-20)33-17-32-23/h9-14,16,18H,3-8,15,17H2,1-2H3/b25-22-. The average Bonchev–Trinajstić information content (AvgIpc) is 3.17. The Morgan fingerprint density at radius 2 is 1.55 bits per heavy atom. The van der Waals surface area contributed by atoms with Gasteiger partial charge in [0.05, 0.1) is 19.8 Å². The molecule has 0 atom stereocenters. The first-order valence-electron chi connectivity index (χ1n) is 11.5. The van der Waals surface area contributed by atoms with Gasteiger partial charge in [-0.15, -0.1) is 0 Å². The number of carbonyl (C=O) groups excluding carboxylic acids is 2. The van der Waals surface area contributed by atoms with Crippen LogP contribution in [0.15, 0.2) is 48.0 Å². The smallest absolute Gasteiger partial charge is 0.338 e. The van der Waals surface area contributed by atoms with Crippen LogP contribution >= 0.6 is 0 Å². The Balaban J connectivity index is 1.81. The van der Waals surface area contributed by atoms with Gasteiger partial charge in [-0.25, -0.2) is 4.79 Å². The summed E-state index contributed by atoms with van der Waals surface area (Å²) in [4.78, 5) is 26.9. The third-order valence-corrected chi connectivity index (χ3v) is 6.45. The van der Waals surface area contributed by atoms with Gasteiger partial charge in [0.15, 0.2) is 17.3 Å². The van der Waals surface area contributed by atoms with Gasteiger partial charge in [0, 0.05) is 11.1 Å². The molecule has 0 amide bonds. The van der Waals surface area contributed by atoms with Crippen LogP contribution < -0.4 is 14.2 Å². The third kappa shape index (κ3) is 5.21. The molecule has 1 saturated carbocycles. The summed E-state index contributed by atoms with van der Waals surface area (Å²) in [6.45, 7) is 0.135. The molecule has 0 spiro atoms. The van der Waals surface area contributed by atoms with Gasteiger partial charge in [0.2, 0.25) is 6.79 Å². The van der Waals surface area contributed by atoms with Crippen molar-refractivity contribution >= 4 is 17.3 Å². The second kappa shape index (κ2) is 10.6. The minimum atomic E-state index is -0.528. The van der Waals surface area contributed by atoms with E-state index in [1.165, 1.54) is 20.0 Å². The highest BCUT2D eigenvalue weighted by molar-refractivity contribution is 6.26. The van der Waals surface area contributed by atoms with E-state index in [-0.39, 0.29) is 12.6 Å². The molecule has 2 aromatic rings. The lowest BCUT2D eigenvalue weighted by Gasteiger charge is -2.19. The molecule has 1 heterocycles. The minimum Gasteiger partial charge on any atom is -0.497 e. The zero-order valence-electron chi connectivity index (χ0n) is 19.2. The van der Waals surface area contributed by atoms with Crippen molar-refractivity contribution < 1.29 is 28.5 Å². The highest BCUT2D eigenvalue weighted by atomic mass is 16.7. The number of hydrogen-bond donors (Lipinski definition) is 0. The van der Waals surface area contributed by atoms with Crippen LogP contribution in [0.2, 0.25) is 0 Å². The molecule has 0 aromatic heterocycles. The maximum Gasteiger partial charge on any atom is 0.338 e. The first kappa shape index (κ1) is 22.9. The highest BCUT2D eigenvalue weighted by Gasteiger charge is 2.28. The molecule has 2 aromatic carbocycles. The van der Waals surface area contributed by atoms with Crippen LogP contribution in [-0.4, -0.2) is 32.8 Å². The maximum atomic E-state index is 13.8. The zero-order chi connectivity index (χ0) is 23.2. The van der Waals surface area contributed by atoms with E-state index >= 15 is 0 Å². The highest BCUT2D eigenvalue weighted by Crippen LogP contribution is 2.38. The minimum absolute atomic E-state index is 0.135. The van der Waals surface area contributed by atoms with Gasteiger partial charge < -0.3 is 18.9 Å². The number of fused-ring (bicyclic) bond motifs is 1. The van der Waals surface area contributed by atoms with Crippen LogP contribution in [0.3, 0.4) is 0 Å². The molecule has 2 aliphatic rings. The fraction of sp³-hybridized carbons (Fsp3) is 0.407. The quantitative estimate of drug-likeness (QED) is 0.237. The number of ether oxygens (including phenoxy) is 4. The van der Waals surface area contributed by atoms with Gasteiger partial charge in [-0.3, -0.25) is 4.79 Å². The van der Waals surface area contributed by atoms with E-state index in [4.69, 9.17) is 18.9 Å². The first-order chi connectivity index (χ1) is 16.1. The van der Waals surface area contributed by atoms with Crippen LogP contribution in [0.5, 0.6) is 17.2 Å². The van der Waals surface area contributed by atoms with Crippen LogP contribution in [-0.2, 0) is 9.53 Å². The number of ketones is 1. The summed E-state index contributed by atoms with van der Waals surface area (Å²) in [5.74, 6) is 1.50. The average molecular weight is 451 g/mol. The van der Waals surface area contributed by atoms with Crippen molar-refractivity contribution in [3.05, 3.63) is 59.2 Å². The van der Waals surface area contributed by atoms with E-state index in [0.717, 1.165) is 25.7 Å². The molecule has 1 fully saturated rings. The molecule has 0 bridgehead atoms. The molecular formula is C27H30O6. The number of allylic oxidation sites excluding steroid dienone is 1. The van der Waals surface area contributed by atoms with E-state index in [1.807, 2.05) is 0 Å². The Kier molecular flexibility index (Phi) is 7.33. The van der Waals surface area contributed by atoms with Crippen LogP contribution in [0.4, 0.5) is 0 Å². The van der Waals surface area contributed by atoms with Crippen molar-refractivity contribution in [2.24, 2.45) is 5.92 Å². The lowest BCUT2D eigenvalue weighted by atomic mass is 9.84. The summed E-state index contributed by atoms with van der Waals surface area (Å²) >= 11 is 0. The zero-order valence-corrected chi connectivity index (χ0v) is 19.2. The molecule has 6 heteroatoms. The number of methoxy groups -OCH3 is 2. The topological polar surface area (TPSA) is 71.1 Å². The second-order valence-electron chi connectivity index (χ2n) is 8.53. The summed E-state index contributed by atoms with van der Waals surface area (Å²) in [5, 5.41) is 0. The van der Waals surface area contributed by atoms with Gasteiger partial charge in [-0.2, -0.15) is 0 Å². The molecule has 0 N–H and O–H groups in total. The van der Waals surface area contributed by atoms with Crippen molar-refractivity contribution in [1.29, 1.82) is 0 Å². The Bertz CT molecular complexity index is 1030. The molecular weight excluding hydrogens is 420 g/mol. The fourth-order valence-electron chi connectivity index (χ4n) is 4.65. The van der Waals surface area contributed by atoms with E-state index in [9.17, 15) is 9.59 Å². The predicted octanol–water partition coefficient (Wildman–Crippen LogP) is 5.59. The lowest BCUT2D eigenvalue weighted by molar-refractivity contribution is -0.133. The number of esters is 1. The van der Waals surface area contributed by atoms with Gasteiger partial charge in [0.1, 0.15) is 5.75 Å². The Morgan fingerprint density at radius 3 is 2.21 bits per heavy atom. The van der Waals surface area contributed by atoms with Crippen LogP contribution in [0.25, 0.3) is 5.57 Å². The lowest BCUT2D eigenvalue weighted by Crippen LogP contribution is -2.16. The summed E-state index contributed by atoms with van der Waals surface area (Å²) in [6, 6.07) is 12.3. The first-order valence-corrected chi connectivity index (χ1v) is 11.5. The van der Waals surface area contributed by atoms with Crippen molar-refractivity contribution in [2.45, 2.75) is 44.9 Å². The largest absolute Gasteiger partial charge is 0.497 e. The molecule has 0 unspecified atom stereocenters. The summed E-state index contributed by atoms with van der Waals surface area (Å²) in [6.07, 6.45) is 7.36. The molecule has 0 radical (unpaired) electrons.